The van der Waals surface area contributed by atoms with Crippen LogP contribution in [0.25, 0.3) is 0 Å². The van der Waals surface area contributed by atoms with Crippen LogP contribution in [-0.4, -0.2) is 4.98 Å². The highest BCUT2D eigenvalue weighted by atomic mass is 19.4. The minimum Gasteiger partial charge on any atom is -0.323 e. The molecule has 0 saturated heterocycles. The Morgan fingerprint density at radius 3 is 2.41 bits per heavy atom. The highest BCUT2D eigenvalue weighted by Crippen LogP contribution is 2.40. The van der Waals surface area contributed by atoms with E-state index in [0.29, 0.717) is 6.42 Å². The number of hydrogen-bond donors (Lipinski definition) is 1. The van der Waals surface area contributed by atoms with E-state index < -0.39 is 23.2 Å². The first-order valence-corrected chi connectivity index (χ1v) is 5.47. The second-order valence-corrected chi connectivity index (χ2v) is 4.78. The topological polar surface area (TPSA) is 38.9 Å². The summed E-state index contributed by atoms with van der Waals surface area (Å²) in [6, 6.07) is 0.291. The van der Waals surface area contributed by atoms with Gasteiger partial charge in [-0.15, -0.1) is 0 Å². The van der Waals surface area contributed by atoms with Crippen LogP contribution in [0.1, 0.15) is 44.4 Å². The molecule has 0 saturated carbocycles. The van der Waals surface area contributed by atoms with Gasteiger partial charge in [-0.2, -0.15) is 13.2 Å². The van der Waals surface area contributed by atoms with Crippen molar-refractivity contribution >= 4 is 0 Å². The van der Waals surface area contributed by atoms with Gasteiger partial charge in [0.25, 0.3) is 0 Å². The lowest BCUT2D eigenvalue weighted by Crippen LogP contribution is -2.30. The first-order valence-electron chi connectivity index (χ1n) is 5.47. The van der Waals surface area contributed by atoms with E-state index >= 15 is 0 Å². The van der Waals surface area contributed by atoms with Crippen molar-refractivity contribution in [3.05, 3.63) is 29.6 Å². The largest absolute Gasteiger partial charge is 0.416 e. The van der Waals surface area contributed by atoms with Crippen LogP contribution in [0.3, 0.4) is 0 Å². The zero-order chi connectivity index (χ0) is 13.3. The second-order valence-electron chi connectivity index (χ2n) is 4.78. The van der Waals surface area contributed by atoms with Crippen molar-refractivity contribution in [1.29, 1.82) is 0 Å². The average molecular weight is 246 g/mol. The molecule has 1 unspecified atom stereocenters. The highest BCUT2D eigenvalue weighted by molar-refractivity contribution is 5.30. The van der Waals surface area contributed by atoms with Crippen molar-refractivity contribution < 1.29 is 13.2 Å². The molecular weight excluding hydrogens is 229 g/mol. The highest BCUT2D eigenvalue weighted by Gasteiger charge is 2.37. The summed E-state index contributed by atoms with van der Waals surface area (Å²) < 4.78 is 38.5. The lowest BCUT2D eigenvalue weighted by molar-refractivity contribution is -0.138. The Balaban J connectivity index is 3.23. The van der Waals surface area contributed by atoms with E-state index in [9.17, 15) is 13.2 Å². The Bertz CT molecular complexity index is 386. The van der Waals surface area contributed by atoms with Crippen molar-refractivity contribution in [2.75, 3.05) is 0 Å². The molecule has 1 rings (SSSR count). The molecule has 1 heterocycles. The quantitative estimate of drug-likeness (QED) is 0.886. The molecule has 0 radical (unpaired) electrons. The van der Waals surface area contributed by atoms with Gasteiger partial charge in [-0.1, -0.05) is 20.8 Å². The number of halogens is 3. The van der Waals surface area contributed by atoms with Gasteiger partial charge < -0.3 is 5.73 Å². The third-order valence-electron chi connectivity index (χ3n) is 3.25. The van der Waals surface area contributed by atoms with Crippen LogP contribution in [0.2, 0.25) is 0 Å². The summed E-state index contributed by atoms with van der Waals surface area (Å²) in [4.78, 5) is 3.75. The minimum atomic E-state index is -4.39. The molecule has 0 fully saturated rings. The number of rotatable bonds is 3. The first-order chi connectivity index (χ1) is 7.70. The fourth-order valence-corrected chi connectivity index (χ4v) is 1.55. The molecule has 0 aliphatic rings. The lowest BCUT2D eigenvalue weighted by atomic mass is 9.78. The van der Waals surface area contributed by atoms with Gasteiger partial charge in [0.2, 0.25) is 0 Å². The standard InChI is InChI=1S/C12H17F3N2/c1-4-11(2,3)10(16)8-7-17-6-5-9(8)12(13,14)15/h5-7,10H,4,16H2,1-3H3. The number of aromatic nitrogens is 1. The minimum absolute atomic E-state index is 0.0619. The predicted octanol–water partition coefficient (Wildman–Crippen LogP) is 3.54. The van der Waals surface area contributed by atoms with Crippen molar-refractivity contribution in [3.63, 3.8) is 0 Å². The molecule has 1 aromatic heterocycles. The summed E-state index contributed by atoms with van der Waals surface area (Å²) in [5.41, 5.74) is 4.91. The molecule has 1 aromatic rings. The van der Waals surface area contributed by atoms with Gasteiger partial charge in [-0.3, -0.25) is 4.98 Å². The number of nitrogens with two attached hydrogens (primary N) is 1. The van der Waals surface area contributed by atoms with E-state index in [2.05, 4.69) is 4.98 Å². The maximum absolute atomic E-state index is 12.8. The molecule has 96 valence electrons. The van der Waals surface area contributed by atoms with E-state index in [4.69, 9.17) is 5.73 Å². The summed E-state index contributed by atoms with van der Waals surface area (Å²) >= 11 is 0. The molecule has 2 N–H and O–H groups in total. The molecule has 0 aliphatic carbocycles. The monoisotopic (exact) mass is 246 g/mol. The van der Waals surface area contributed by atoms with Crippen molar-refractivity contribution in [1.82, 2.24) is 4.98 Å². The third-order valence-corrected chi connectivity index (χ3v) is 3.25. The number of alkyl halides is 3. The Hall–Kier alpha value is -1.10. The van der Waals surface area contributed by atoms with Crippen LogP contribution in [0.4, 0.5) is 13.2 Å². The molecule has 0 amide bonds. The second kappa shape index (κ2) is 4.64. The van der Waals surface area contributed by atoms with Gasteiger partial charge in [-0.05, 0) is 23.5 Å². The van der Waals surface area contributed by atoms with E-state index in [1.807, 2.05) is 20.8 Å². The first kappa shape index (κ1) is 14.0. The van der Waals surface area contributed by atoms with Gasteiger partial charge in [0.15, 0.2) is 0 Å². The van der Waals surface area contributed by atoms with Crippen LogP contribution in [-0.2, 0) is 6.18 Å². The average Bonchev–Trinajstić information content (AvgIpc) is 2.27. The van der Waals surface area contributed by atoms with Crippen LogP contribution in [0.5, 0.6) is 0 Å². The zero-order valence-electron chi connectivity index (χ0n) is 10.2. The summed E-state index contributed by atoms with van der Waals surface area (Å²) in [5.74, 6) is 0. The summed E-state index contributed by atoms with van der Waals surface area (Å²) in [5, 5.41) is 0. The van der Waals surface area contributed by atoms with E-state index in [-0.39, 0.29) is 5.56 Å². The van der Waals surface area contributed by atoms with Gasteiger partial charge >= 0.3 is 6.18 Å². The summed E-state index contributed by atoms with van der Waals surface area (Å²) in [6.07, 6.45) is -1.34. The SMILES string of the molecule is CCC(C)(C)C(N)c1cnccc1C(F)(F)F. The van der Waals surface area contributed by atoms with Gasteiger partial charge in [0.1, 0.15) is 0 Å². The molecule has 0 spiro atoms. The molecule has 5 heteroatoms. The molecule has 1 atom stereocenters. The van der Waals surface area contributed by atoms with Crippen molar-refractivity contribution in [3.8, 4) is 0 Å². The Morgan fingerprint density at radius 1 is 1.35 bits per heavy atom. The van der Waals surface area contributed by atoms with Gasteiger partial charge in [0, 0.05) is 18.4 Å². The van der Waals surface area contributed by atoms with Crippen LogP contribution in [0, 0.1) is 5.41 Å². The van der Waals surface area contributed by atoms with E-state index in [1.54, 1.807) is 0 Å². The molecule has 0 bridgehead atoms. The van der Waals surface area contributed by atoms with Gasteiger partial charge in [-0.25, -0.2) is 0 Å². The maximum atomic E-state index is 12.8. The normalized spacial score (nSPS) is 14.8. The zero-order valence-corrected chi connectivity index (χ0v) is 10.2. The summed E-state index contributed by atoms with van der Waals surface area (Å²) in [6.45, 7) is 5.61. The molecular formula is C12H17F3N2. The molecule has 0 aromatic carbocycles. The predicted molar refractivity (Wildman–Crippen MR) is 60.2 cm³/mol. The smallest absolute Gasteiger partial charge is 0.323 e. The van der Waals surface area contributed by atoms with E-state index in [1.165, 1.54) is 6.20 Å². The van der Waals surface area contributed by atoms with E-state index in [0.717, 1.165) is 12.3 Å². The molecule has 2 nitrogen and oxygen atoms in total. The lowest BCUT2D eigenvalue weighted by Gasteiger charge is -2.32. The van der Waals surface area contributed by atoms with Crippen molar-refractivity contribution in [2.24, 2.45) is 11.1 Å². The number of hydrogen-bond acceptors (Lipinski definition) is 2. The van der Waals surface area contributed by atoms with Crippen LogP contribution < -0.4 is 5.73 Å². The van der Waals surface area contributed by atoms with Crippen LogP contribution >= 0.6 is 0 Å². The van der Waals surface area contributed by atoms with Crippen molar-refractivity contribution in [2.45, 2.75) is 39.4 Å². The Morgan fingerprint density at radius 2 is 1.94 bits per heavy atom. The van der Waals surface area contributed by atoms with Crippen LogP contribution in [0.15, 0.2) is 18.5 Å². The third kappa shape index (κ3) is 2.97. The number of nitrogens with zero attached hydrogens (tertiary/aromatic N) is 1. The van der Waals surface area contributed by atoms with Gasteiger partial charge in [0.05, 0.1) is 5.56 Å². The molecule has 0 aliphatic heterocycles. The Kier molecular flexibility index (Phi) is 3.81. The fourth-order valence-electron chi connectivity index (χ4n) is 1.55. The number of pyridine rings is 1. The maximum Gasteiger partial charge on any atom is 0.416 e. The Labute approximate surface area is 99.0 Å². The summed E-state index contributed by atoms with van der Waals surface area (Å²) in [7, 11) is 0. The molecule has 17 heavy (non-hydrogen) atoms. The fraction of sp³-hybridized carbons (Fsp3) is 0.583.